The standard InChI is InChI=1S/C12H20O3/c1-2-3-11-9-12(5-7-14-11)8-10(13)4-6-15-12/h11H,2-9H2,1H3. The van der Waals surface area contributed by atoms with E-state index in [1.165, 1.54) is 0 Å². The molecule has 86 valence electrons. The van der Waals surface area contributed by atoms with Crippen LogP contribution in [-0.4, -0.2) is 30.7 Å². The minimum atomic E-state index is -0.173. The summed E-state index contributed by atoms with van der Waals surface area (Å²) in [7, 11) is 0. The second-order valence-corrected chi connectivity index (χ2v) is 4.73. The molecule has 2 fully saturated rings. The molecule has 1 spiro atoms. The van der Waals surface area contributed by atoms with Crippen LogP contribution in [-0.2, 0) is 14.3 Å². The van der Waals surface area contributed by atoms with E-state index in [1.807, 2.05) is 0 Å². The summed E-state index contributed by atoms with van der Waals surface area (Å²) in [6, 6.07) is 0. The van der Waals surface area contributed by atoms with Crippen molar-refractivity contribution >= 4 is 5.78 Å². The molecule has 15 heavy (non-hydrogen) atoms. The number of carbonyl (C=O) groups is 1. The quantitative estimate of drug-likeness (QED) is 0.703. The average molecular weight is 212 g/mol. The first kappa shape index (κ1) is 11.1. The van der Waals surface area contributed by atoms with Gasteiger partial charge in [-0.25, -0.2) is 0 Å². The zero-order valence-electron chi connectivity index (χ0n) is 9.46. The fourth-order valence-electron chi connectivity index (χ4n) is 2.67. The van der Waals surface area contributed by atoms with Crippen molar-refractivity contribution in [2.24, 2.45) is 0 Å². The van der Waals surface area contributed by atoms with E-state index < -0.39 is 0 Å². The van der Waals surface area contributed by atoms with E-state index in [9.17, 15) is 4.79 Å². The molecule has 2 rings (SSSR count). The zero-order chi connectivity index (χ0) is 10.7. The molecular weight excluding hydrogens is 192 g/mol. The van der Waals surface area contributed by atoms with Gasteiger partial charge in [0.2, 0.25) is 0 Å². The number of hydrogen-bond acceptors (Lipinski definition) is 3. The Morgan fingerprint density at radius 2 is 2.33 bits per heavy atom. The number of ether oxygens (including phenoxy) is 2. The lowest BCUT2D eigenvalue weighted by atomic mass is 9.82. The van der Waals surface area contributed by atoms with Crippen LogP contribution >= 0.6 is 0 Å². The molecule has 2 aliphatic heterocycles. The van der Waals surface area contributed by atoms with Crippen LogP contribution in [0.15, 0.2) is 0 Å². The normalized spacial score (nSPS) is 37.1. The molecule has 0 aliphatic carbocycles. The Morgan fingerprint density at radius 1 is 1.47 bits per heavy atom. The molecule has 2 saturated heterocycles. The molecule has 0 aromatic heterocycles. The van der Waals surface area contributed by atoms with Gasteiger partial charge in [0.1, 0.15) is 5.78 Å². The molecule has 2 atom stereocenters. The highest BCUT2D eigenvalue weighted by Gasteiger charge is 2.41. The van der Waals surface area contributed by atoms with Crippen molar-refractivity contribution in [3.63, 3.8) is 0 Å². The Hall–Kier alpha value is -0.410. The van der Waals surface area contributed by atoms with Gasteiger partial charge in [0.15, 0.2) is 0 Å². The molecule has 0 bridgehead atoms. The van der Waals surface area contributed by atoms with Crippen molar-refractivity contribution in [2.75, 3.05) is 13.2 Å². The Balaban J connectivity index is 1.97. The summed E-state index contributed by atoms with van der Waals surface area (Å²) in [6.45, 7) is 3.52. The smallest absolute Gasteiger partial charge is 0.138 e. The lowest BCUT2D eigenvalue weighted by Crippen LogP contribution is -2.47. The van der Waals surface area contributed by atoms with Crippen LogP contribution in [0, 0.1) is 0 Å². The predicted molar refractivity (Wildman–Crippen MR) is 56.8 cm³/mol. The van der Waals surface area contributed by atoms with Gasteiger partial charge in [-0.2, -0.15) is 0 Å². The third-order valence-electron chi connectivity index (χ3n) is 3.43. The minimum Gasteiger partial charge on any atom is -0.378 e. The van der Waals surface area contributed by atoms with E-state index in [4.69, 9.17) is 9.47 Å². The van der Waals surface area contributed by atoms with Gasteiger partial charge in [0.25, 0.3) is 0 Å². The van der Waals surface area contributed by atoms with Crippen molar-refractivity contribution in [3.05, 3.63) is 0 Å². The number of Topliss-reactive ketones (excluding diaryl/α,β-unsaturated/α-hetero) is 1. The predicted octanol–water partition coefficient (Wildman–Crippen LogP) is 2.08. The minimum absolute atomic E-state index is 0.173. The Bertz CT molecular complexity index is 233. The number of hydrogen-bond donors (Lipinski definition) is 0. The summed E-state index contributed by atoms with van der Waals surface area (Å²) < 4.78 is 11.5. The first-order valence-electron chi connectivity index (χ1n) is 6.01. The van der Waals surface area contributed by atoms with Gasteiger partial charge < -0.3 is 9.47 Å². The highest BCUT2D eigenvalue weighted by atomic mass is 16.5. The zero-order valence-corrected chi connectivity index (χ0v) is 9.46. The van der Waals surface area contributed by atoms with E-state index in [2.05, 4.69) is 6.92 Å². The summed E-state index contributed by atoms with van der Waals surface area (Å²) >= 11 is 0. The first-order valence-corrected chi connectivity index (χ1v) is 6.01. The molecule has 2 unspecified atom stereocenters. The molecule has 0 amide bonds. The average Bonchev–Trinajstić information content (AvgIpc) is 2.17. The third kappa shape index (κ3) is 2.58. The van der Waals surface area contributed by atoms with Crippen LogP contribution < -0.4 is 0 Å². The largest absolute Gasteiger partial charge is 0.378 e. The van der Waals surface area contributed by atoms with Gasteiger partial charge in [-0.3, -0.25) is 4.79 Å². The van der Waals surface area contributed by atoms with E-state index in [0.717, 1.165) is 32.3 Å². The summed E-state index contributed by atoms with van der Waals surface area (Å²) in [4.78, 5) is 11.5. The lowest BCUT2D eigenvalue weighted by Gasteiger charge is -2.42. The molecule has 3 nitrogen and oxygen atoms in total. The molecule has 0 aromatic carbocycles. The summed E-state index contributed by atoms with van der Waals surface area (Å²) in [5, 5.41) is 0. The maximum absolute atomic E-state index is 11.5. The van der Waals surface area contributed by atoms with E-state index >= 15 is 0 Å². The summed E-state index contributed by atoms with van der Waals surface area (Å²) in [6.07, 6.45) is 5.52. The van der Waals surface area contributed by atoms with Crippen LogP contribution in [0.25, 0.3) is 0 Å². The molecule has 2 heterocycles. The van der Waals surface area contributed by atoms with Gasteiger partial charge >= 0.3 is 0 Å². The van der Waals surface area contributed by atoms with Crippen LogP contribution in [0.3, 0.4) is 0 Å². The van der Waals surface area contributed by atoms with Gasteiger partial charge in [-0.1, -0.05) is 13.3 Å². The van der Waals surface area contributed by atoms with Gasteiger partial charge in [0.05, 0.1) is 18.3 Å². The molecule has 0 saturated carbocycles. The Kier molecular flexibility index (Phi) is 3.42. The summed E-state index contributed by atoms with van der Waals surface area (Å²) in [5.41, 5.74) is -0.173. The van der Waals surface area contributed by atoms with Crippen molar-refractivity contribution in [1.29, 1.82) is 0 Å². The fourth-order valence-corrected chi connectivity index (χ4v) is 2.67. The molecule has 3 heteroatoms. The van der Waals surface area contributed by atoms with Crippen LogP contribution in [0.1, 0.15) is 45.4 Å². The van der Waals surface area contributed by atoms with E-state index in [0.29, 0.717) is 31.3 Å². The maximum Gasteiger partial charge on any atom is 0.138 e. The second kappa shape index (κ2) is 4.62. The number of rotatable bonds is 2. The molecule has 0 N–H and O–H groups in total. The second-order valence-electron chi connectivity index (χ2n) is 4.73. The van der Waals surface area contributed by atoms with E-state index in [1.54, 1.807) is 0 Å². The van der Waals surface area contributed by atoms with Gasteiger partial charge in [-0.05, 0) is 6.42 Å². The van der Waals surface area contributed by atoms with Crippen molar-refractivity contribution in [2.45, 2.75) is 57.2 Å². The lowest BCUT2D eigenvalue weighted by molar-refractivity contribution is -0.167. The molecule has 0 radical (unpaired) electrons. The molecular formula is C12H20O3. The van der Waals surface area contributed by atoms with E-state index in [-0.39, 0.29) is 5.60 Å². The van der Waals surface area contributed by atoms with Gasteiger partial charge in [0, 0.05) is 32.3 Å². The molecule has 2 aliphatic rings. The number of ketones is 1. The highest BCUT2D eigenvalue weighted by Crippen LogP contribution is 2.36. The highest BCUT2D eigenvalue weighted by molar-refractivity contribution is 5.80. The maximum atomic E-state index is 11.5. The van der Waals surface area contributed by atoms with Crippen LogP contribution in [0.4, 0.5) is 0 Å². The van der Waals surface area contributed by atoms with Crippen LogP contribution in [0.2, 0.25) is 0 Å². The Labute approximate surface area is 91.1 Å². The SMILES string of the molecule is CCCC1CC2(CCO1)CC(=O)CCO2. The van der Waals surface area contributed by atoms with Crippen LogP contribution in [0.5, 0.6) is 0 Å². The fraction of sp³-hybridized carbons (Fsp3) is 0.917. The third-order valence-corrected chi connectivity index (χ3v) is 3.43. The van der Waals surface area contributed by atoms with Crippen molar-refractivity contribution in [3.8, 4) is 0 Å². The van der Waals surface area contributed by atoms with Gasteiger partial charge in [-0.15, -0.1) is 0 Å². The monoisotopic (exact) mass is 212 g/mol. The Morgan fingerprint density at radius 3 is 3.07 bits per heavy atom. The molecule has 0 aromatic rings. The summed E-state index contributed by atoms with van der Waals surface area (Å²) in [5.74, 6) is 0.360. The topological polar surface area (TPSA) is 35.5 Å². The first-order chi connectivity index (χ1) is 7.24. The number of carbonyl (C=O) groups excluding carboxylic acids is 1. The van der Waals surface area contributed by atoms with Crippen molar-refractivity contribution < 1.29 is 14.3 Å². The van der Waals surface area contributed by atoms with Crippen molar-refractivity contribution in [1.82, 2.24) is 0 Å².